The van der Waals surface area contributed by atoms with Gasteiger partial charge in [0.2, 0.25) is 0 Å². The molecule has 7 heteroatoms. The number of hydrogen-bond donors (Lipinski definition) is 0. The lowest BCUT2D eigenvalue weighted by molar-refractivity contribution is 0.0594. The Morgan fingerprint density at radius 2 is 1.69 bits per heavy atom. The van der Waals surface area contributed by atoms with Gasteiger partial charge in [-0.15, -0.1) is 0 Å². The number of carbonyl (C=O) groups excluding carboxylic acids is 1. The van der Waals surface area contributed by atoms with Crippen molar-refractivity contribution in [2.75, 3.05) is 79.7 Å². The Morgan fingerprint density at radius 1 is 0.943 bits per heavy atom. The van der Waals surface area contributed by atoms with E-state index in [-0.39, 0.29) is 5.91 Å². The maximum atomic E-state index is 13.0. The van der Waals surface area contributed by atoms with Crippen LogP contribution < -0.4 is 0 Å². The van der Waals surface area contributed by atoms with Crippen LogP contribution in [0.5, 0.6) is 0 Å². The van der Waals surface area contributed by atoms with Crippen molar-refractivity contribution in [1.29, 1.82) is 5.26 Å². The summed E-state index contributed by atoms with van der Waals surface area (Å²) in [5.41, 5.74) is 4.43. The average Bonchev–Trinajstić information content (AvgIpc) is 3.11. The van der Waals surface area contributed by atoms with Crippen LogP contribution in [0.4, 0.5) is 0 Å². The number of piperazine rings is 1. The third-order valence-corrected chi connectivity index (χ3v) is 7.14. The molecule has 4 rings (SSSR count). The first-order chi connectivity index (χ1) is 17.1. The molecule has 0 saturated carbocycles. The highest BCUT2D eigenvalue weighted by Crippen LogP contribution is 2.26. The number of nitriles is 1. The number of carbonyl (C=O) groups is 1. The largest absolute Gasteiger partial charge is 0.383 e. The molecule has 0 N–H and O–H groups in total. The van der Waals surface area contributed by atoms with E-state index in [4.69, 9.17) is 4.74 Å². The predicted molar refractivity (Wildman–Crippen MR) is 138 cm³/mol. The minimum absolute atomic E-state index is 0.0712. The van der Waals surface area contributed by atoms with E-state index in [0.717, 1.165) is 83.2 Å². The molecule has 0 atom stereocenters. The van der Waals surface area contributed by atoms with Crippen molar-refractivity contribution in [3.05, 3.63) is 59.2 Å². The summed E-state index contributed by atoms with van der Waals surface area (Å²) < 4.78 is 5.15. The van der Waals surface area contributed by atoms with E-state index in [1.54, 1.807) is 7.11 Å². The number of benzene rings is 2. The molecule has 186 valence electrons. The van der Waals surface area contributed by atoms with Gasteiger partial charge in [-0.1, -0.05) is 24.3 Å². The van der Waals surface area contributed by atoms with Gasteiger partial charge >= 0.3 is 0 Å². The van der Waals surface area contributed by atoms with Gasteiger partial charge in [-0.05, 0) is 61.4 Å². The molecule has 2 aliphatic rings. The van der Waals surface area contributed by atoms with Gasteiger partial charge in [0.05, 0.1) is 18.2 Å². The van der Waals surface area contributed by atoms with Crippen LogP contribution in [0, 0.1) is 11.3 Å². The molecule has 0 aliphatic carbocycles. The van der Waals surface area contributed by atoms with Gasteiger partial charge in [-0.2, -0.15) is 5.26 Å². The number of hydrogen-bond acceptors (Lipinski definition) is 6. The van der Waals surface area contributed by atoms with Crippen LogP contribution in [0.1, 0.15) is 27.9 Å². The highest BCUT2D eigenvalue weighted by molar-refractivity contribution is 5.95. The standard InChI is InChI=1S/C28H37N5O2/c1-30-10-3-11-32(13-12-30)22-23-4-9-27(26(20-23)21-29)24-5-7-25(8-6-24)28(34)33-16-14-31(15-17-33)18-19-35-2/h4-9,20H,3,10-19,22H2,1-2H3. The van der Waals surface area contributed by atoms with Crippen LogP contribution in [-0.2, 0) is 11.3 Å². The Balaban J connectivity index is 1.39. The molecule has 2 aromatic carbocycles. The third-order valence-electron chi connectivity index (χ3n) is 7.14. The van der Waals surface area contributed by atoms with E-state index in [1.165, 1.54) is 12.0 Å². The normalized spacial score (nSPS) is 18.3. The lowest BCUT2D eigenvalue weighted by atomic mass is 9.97. The van der Waals surface area contributed by atoms with Crippen LogP contribution in [0.3, 0.4) is 0 Å². The minimum atomic E-state index is 0.0712. The quantitative estimate of drug-likeness (QED) is 0.614. The van der Waals surface area contributed by atoms with Gasteiger partial charge in [0.1, 0.15) is 0 Å². The van der Waals surface area contributed by atoms with Crippen LogP contribution in [0.15, 0.2) is 42.5 Å². The molecule has 2 saturated heterocycles. The number of rotatable bonds is 7. The highest BCUT2D eigenvalue weighted by Gasteiger charge is 2.22. The third kappa shape index (κ3) is 6.68. The Hall–Kier alpha value is -2.76. The monoisotopic (exact) mass is 475 g/mol. The number of ether oxygens (including phenoxy) is 1. The predicted octanol–water partition coefficient (Wildman–Crippen LogP) is 2.77. The molecule has 0 unspecified atom stereocenters. The van der Waals surface area contributed by atoms with E-state index in [2.05, 4.69) is 33.9 Å². The second-order valence-corrected chi connectivity index (χ2v) is 9.63. The Kier molecular flexibility index (Phi) is 8.89. The van der Waals surface area contributed by atoms with Crippen LogP contribution in [-0.4, -0.2) is 105 Å². The van der Waals surface area contributed by atoms with Crippen molar-refractivity contribution in [1.82, 2.24) is 19.6 Å². The first-order valence-electron chi connectivity index (χ1n) is 12.6. The summed E-state index contributed by atoms with van der Waals surface area (Å²) in [6.45, 7) is 10.1. The molecule has 0 bridgehead atoms. The Labute approximate surface area is 209 Å². The van der Waals surface area contributed by atoms with E-state index < -0.39 is 0 Å². The lowest BCUT2D eigenvalue weighted by Gasteiger charge is -2.34. The highest BCUT2D eigenvalue weighted by atomic mass is 16.5. The summed E-state index contributed by atoms with van der Waals surface area (Å²) in [4.78, 5) is 22.1. The fourth-order valence-electron chi connectivity index (χ4n) is 4.92. The molecule has 2 heterocycles. The van der Waals surface area contributed by atoms with Crippen molar-refractivity contribution in [3.8, 4) is 17.2 Å². The minimum Gasteiger partial charge on any atom is -0.383 e. The first kappa shape index (κ1) is 25.3. The van der Waals surface area contributed by atoms with Crippen LogP contribution in [0.25, 0.3) is 11.1 Å². The Bertz CT molecular complexity index is 1020. The molecule has 0 spiro atoms. The van der Waals surface area contributed by atoms with E-state index >= 15 is 0 Å². The molecule has 7 nitrogen and oxygen atoms in total. The molecule has 0 radical (unpaired) electrons. The molecule has 2 aromatic rings. The Morgan fingerprint density at radius 3 is 2.40 bits per heavy atom. The fraction of sp³-hybridized carbons (Fsp3) is 0.500. The fourth-order valence-corrected chi connectivity index (χ4v) is 4.92. The van der Waals surface area contributed by atoms with Gasteiger partial charge in [0.15, 0.2) is 0 Å². The van der Waals surface area contributed by atoms with Crippen LogP contribution >= 0.6 is 0 Å². The average molecular weight is 476 g/mol. The summed E-state index contributed by atoms with van der Waals surface area (Å²) >= 11 is 0. The molecule has 1 amide bonds. The zero-order valence-corrected chi connectivity index (χ0v) is 21.1. The smallest absolute Gasteiger partial charge is 0.253 e. The molecule has 0 aromatic heterocycles. The number of amides is 1. The van der Waals surface area contributed by atoms with E-state index in [9.17, 15) is 10.1 Å². The molecular weight excluding hydrogens is 438 g/mol. The van der Waals surface area contributed by atoms with Crippen molar-refractivity contribution in [3.63, 3.8) is 0 Å². The van der Waals surface area contributed by atoms with Crippen molar-refractivity contribution >= 4 is 5.91 Å². The zero-order valence-electron chi connectivity index (χ0n) is 21.1. The van der Waals surface area contributed by atoms with E-state index in [1.807, 2.05) is 41.3 Å². The van der Waals surface area contributed by atoms with Gasteiger partial charge in [-0.25, -0.2) is 0 Å². The lowest BCUT2D eigenvalue weighted by Crippen LogP contribution is -2.49. The first-order valence-corrected chi connectivity index (χ1v) is 12.6. The van der Waals surface area contributed by atoms with Crippen molar-refractivity contribution in [2.24, 2.45) is 0 Å². The topological polar surface area (TPSA) is 63.1 Å². The van der Waals surface area contributed by atoms with Crippen molar-refractivity contribution < 1.29 is 9.53 Å². The van der Waals surface area contributed by atoms with Crippen molar-refractivity contribution in [2.45, 2.75) is 13.0 Å². The maximum Gasteiger partial charge on any atom is 0.253 e. The summed E-state index contributed by atoms with van der Waals surface area (Å²) in [5.74, 6) is 0.0712. The summed E-state index contributed by atoms with van der Waals surface area (Å²) in [5, 5.41) is 9.84. The zero-order chi connectivity index (χ0) is 24.6. The molecular formula is C28H37N5O2. The van der Waals surface area contributed by atoms with Gasteiger partial charge in [0, 0.05) is 65.0 Å². The molecule has 2 aliphatic heterocycles. The summed E-state index contributed by atoms with van der Waals surface area (Å²) in [7, 11) is 3.89. The number of methoxy groups -OCH3 is 1. The maximum absolute atomic E-state index is 13.0. The van der Waals surface area contributed by atoms with E-state index in [0.29, 0.717) is 11.1 Å². The number of nitrogens with zero attached hydrogens (tertiary/aromatic N) is 5. The molecule has 2 fully saturated rings. The SMILES string of the molecule is COCCN1CCN(C(=O)c2ccc(-c3ccc(CN4CCCN(C)CC4)cc3C#N)cc2)CC1. The van der Waals surface area contributed by atoms with Gasteiger partial charge in [0.25, 0.3) is 5.91 Å². The number of likely N-dealkylation sites (N-methyl/N-ethyl adjacent to an activating group) is 1. The van der Waals surface area contributed by atoms with Gasteiger partial charge in [-0.3, -0.25) is 14.6 Å². The second kappa shape index (κ2) is 12.3. The van der Waals surface area contributed by atoms with Gasteiger partial charge < -0.3 is 14.5 Å². The molecule has 35 heavy (non-hydrogen) atoms. The summed E-state index contributed by atoms with van der Waals surface area (Å²) in [6.07, 6.45) is 1.17. The summed E-state index contributed by atoms with van der Waals surface area (Å²) in [6, 6.07) is 16.3. The van der Waals surface area contributed by atoms with Crippen LogP contribution in [0.2, 0.25) is 0 Å². The second-order valence-electron chi connectivity index (χ2n) is 9.63.